The summed E-state index contributed by atoms with van der Waals surface area (Å²) in [6, 6.07) is 14.1. The van der Waals surface area contributed by atoms with Crippen molar-refractivity contribution in [2.45, 2.75) is 109 Å². The predicted octanol–water partition coefficient (Wildman–Crippen LogP) is 1.01. The standard InChI is InChI=1S/C17H20NO8P.C13H18NO8P.C12H18N3O8P.C10H19O7P/c1-22-9-17-10-24-13(14(17)26-27(20,21)23-2)16(25-17)18-8-7-11-5-3-4-6-12(11)15(18)19;1-18-7-13-8-20-10(11(13)22-23(16,17)19-2)12(21-13)14-6-4-3-5-9(14)15;1-20-5-12-6-22-8(9(12)14-24(18,19)21-2)10(23-12)15-4-3-7(16)13-11(15)17;1-7-8-9(17-18(11,12)14-3)10(16-7,6-13-2)4-5-15-8/h3-8,13-14,16H,9-10H2,1-2H3,(H,20,21);3-6,10-12H,7-8H2,1-2H3,(H,16,17);3-4,8-10H,5-6H2,1-2H3,(H,13,16,17)(H2,14,18,19);7-9H,4-6H2,1-3H3,(H,11,12)/t13-,14+,16?,17?;10-,11+,12?,13?;8-,9+,10?,12?;7?,8?,9-,10-/m0001/s1. The maximum Gasteiger partial charge on any atom is 0.472 e. The van der Waals surface area contributed by atoms with Crippen molar-refractivity contribution in [1.82, 2.24) is 23.8 Å². The summed E-state index contributed by atoms with van der Waals surface area (Å²) in [6.45, 7) is 3.20. The number of hydrogen-bond acceptors (Lipinski definition) is 27. The van der Waals surface area contributed by atoms with E-state index in [2.05, 4.69) is 28.2 Å². The van der Waals surface area contributed by atoms with Crippen LogP contribution in [-0.2, 0) is 107 Å². The van der Waals surface area contributed by atoms with E-state index in [0.717, 1.165) is 38.4 Å². The molecule has 514 valence electrons. The van der Waals surface area contributed by atoms with Crippen LogP contribution in [0.2, 0.25) is 0 Å². The number of hydrogen-bond donors (Lipinski definition) is 6. The van der Waals surface area contributed by atoms with Crippen molar-refractivity contribution in [2.24, 2.45) is 0 Å². The molecule has 0 radical (unpaired) electrons. The van der Waals surface area contributed by atoms with Gasteiger partial charge in [-0.25, -0.2) is 28.1 Å². The summed E-state index contributed by atoms with van der Waals surface area (Å²) in [4.78, 5) is 88.9. The Labute approximate surface area is 524 Å². The first kappa shape index (κ1) is 72.3. The summed E-state index contributed by atoms with van der Waals surface area (Å²) in [6.07, 6.45) is -2.86. The first-order valence-electron chi connectivity index (χ1n) is 28.2. The van der Waals surface area contributed by atoms with Crippen molar-refractivity contribution in [3.63, 3.8) is 0 Å². The van der Waals surface area contributed by atoms with Crippen LogP contribution in [-0.4, -0.2) is 225 Å². The molecule has 1 aromatic carbocycles. The highest BCUT2D eigenvalue weighted by Crippen LogP contribution is 2.57. The summed E-state index contributed by atoms with van der Waals surface area (Å²) < 4.78 is 152. The van der Waals surface area contributed by atoms with E-state index in [-0.39, 0.29) is 69.6 Å². The molecule has 20 atom stereocenters. The van der Waals surface area contributed by atoms with Gasteiger partial charge in [0.15, 0.2) is 18.7 Å². The van der Waals surface area contributed by atoms with Crippen LogP contribution < -0.4 is 27.5 Å². The van der Waals surface area contributed by atoms with Crippen molar-refractivity contribution in [1.29, 1.82) is 0 Å². The SMILES string of the molecule is COCC12CO[C@H](C(n3ccc(=O)[nH]c3=O)O1)[C@H]2NP(=O)(O)OC.COCC12CO[C@H](C(n3ccc4ccccc4c3=O)O1)[C@H]2OP(=O)(O)OC.COCC12CO[C@H](C(n3ccccc3=O)O1)[C@H]2OP(=O)(O)OC.COC[C@@]12CCOC(C(C)O1)[C@H]2OP(=O)(O)OC. The van der Waals surface area contributed by atoms with Gasteiger partial charge in [0.1, 0.15) is 65.1 Å². The minimum Gasteiger partial charge on any atom is -0.382 e. The Morgan fingerprint density at radius 1 is 0.533 bits per heavy atom. The van der Waals surface area contributed by atoms with E-state index in [4.69, 9.17) is 70.4 Å². The summed E-state index contributed by atoms with van der Waals surface area (Å²) in [5.74, 6) is 0. The van der Waals surface area contributed by atoms with Crippen LogP contribution in [0.15, 0.2) is 92.4 Å². The number of pyridine rings is 2. The molecule has 6 N–H and O–H groups in total. The smallest absolute Gasteiger partial charge is 0.382 e. The molecule has 0 aliphatic carbocycles. The van der Waals surface area contributed by atoms with Gasteiger partial charge in [-0.2, -0.15) is 0 Å². The number of ether oxygens (including phenoxy) is 12. The van der Waals surface area contributed by atoms with Gasteiger partial charge in [-0.3, -0.25) is 60.2 Å². The predicted molar refractivity (Wildman–Crippen MR) is 312 cm³/mol. The first-order chi connectivity index (χ1) is 43.6. The molecule has 0 saturated carbocycles. The number of nitrogens with one attached hydrogen (secondary N) is 2. The molecule has 8 aliphatic heterocycles. The number of aromatic nitrogens is 4. The lowest BCUT2D eigenvalue weighted by atomic mass is 9.90. The molecular formula is C52H75N5O31P4. The average molecular weight is 1390 g/mol. The van der Waals surface area contributed by atoms with Gasteiger partial charge in [0.05, 0.1) is 65.0 Å². The monoisotopic (exact) mass is 1390 g/mol. The Morgan fingerprint density at radius 2 is 1.01 bits per heavy atom. The van der Waals surface area contributed by atoms with Crippen molar-refractivity contribution in [3.05, 3.63) is 115 Å². The summed E-state index contributed by atoms with van der Waals surface area (Å²) in [5, 5.41) is 3.84. The largest absolute Gasteiger partial charge is 0.472 e. The number of nitrogens with zero attached hydrogens (tertiary/aromatic N) is 3. The molecule has 8 aliphatic rings. The van der Waals surface area contributed by atoms with Crippen LogP contribution in [0.4, 0.5) is 0 Å². The molecule has 0 spiro atoms. The Bertz CT molecular complexity index is 3670. The van der Waals surface area contributed by atoms with Gasteiger partial charge in [-0.15, -0.1) is 0 Å². The molecule has 92 heavy (non-hydrogen) atoms. The van der Waals surface area contributed by atoms with Gasteiger partial charge < -0.3 is 80.9 Å². The minimum atomic E-state index is -4.30. The van der Waals surface area contributed by atoms with E-state index in [9.17, 15) is 57.0 Å². The van der Waals surface area contributed by atoms with E-state index in [1.165, 1.54) is 48.8 Å². The average Bonchev–Trinajstić information content (AvgIpc) is 1.59. The second-order valence-corrected chi connectivity index (χ2v) is 28.4. The Morgan fingerprint density at radius 3 is 1.55 bits per heavy atom. The Balaban J connectivity index is 0.000000146. The van der Waals surface area contributed by atoms with E-state index in [1.807, 2.05) is 19.1 Å². The third-order valence-corrected chi connectivity index (χ3v) is 20.4. The van der Waals surface area contributed by atoms with Crippen molar-refractivity contribution < 1.29 is 126 Å². The van der Waals surface area contributed by atoms with Crippen LogP contribution in [0.1, 0.15) is 32.0 Å². The van der Waals surface area contributed by atoms with E-state index in [0.29, 0.717) is 18.4 Å². The number of phosphoric ester groups is 3. The Hall–Kier alpha value is -3.98. The van der Waals surface area contributed by atoms with E-state index >= 15 is 0 Å². The quantitative estimate of drug-likeness (QED) is 0.0564. The fourth-order valence-electron chi connectivity index (χ4n) is 12.3. The topological polar surface area (TPSA) is 435 Å². The summed E-state index contributed by atoms with van der Waals surface area (Å²) in [5.41, 5.74) is -5.76. The zero-order chi connectivity index (χ0) is 66.8. The molecule has 3 aromatic heterocycles. The molecule has 11 heterocycles. The highest BCUT2D eigenvalue weighted by molar-refractivity contribution is 7.50. The fourth-order valence-corrected chi connectivity index (χ4v) is 15.2. The zero-order valence-electron chi connectivity index (χ0n) is 51.2. The molecule has 36 nitrogen and oxygen atoms in total. The minimum absolute atomic E-state index is 0.0662. The molecule has 4 aromatic rings. The third-order valence-electron chi connectivity index (χ3n) is 16.4. The van der Waals surface area contributed by atoms with Crippen molar-refractivity contribution in [2.75, 3.05) is 110 Å². The van der Waals surface area contributed by atoms with Crippen LogP contribution in [0, 0.1) is 0 Å². The third kappa shape index (κ3) is 14.8. The van der Waals surface area contributed by atoms with Gasteiger partial charge in [0.25, 0.3) is 16.7 Å². The van der Waals surface area contributed by atoms with E-state index < -0.39 is 126 Å². The first-order valence-corrected chi connectivity index (χ1v) is 34.2. The molecule has 8 bridgehead atoms. The van der Waals surface area contributed by atoms with Crippen LogP contribution in [0.25, 0.3) is 10.8 Å². The van der Waals surface area contributed by atoms with Crippen LogP contribution in [0.5, 0.6) is 0 Å². The van der Waals surface area contributed by atoms with Gasteiger partial charge >= 0.3 is 36.9 Å². The Kier molecular flexibility index (Phi) is 22.8. The van der Waals surface area contributed by atoms with Crippen LogP contribution in [0.3, 0.4) is 0 Å². The number of benzene rings is 1. The molecule has 8 saturated heterocycles. The molecule has 12 rings (SSSR count). The number of phosphoric acid groups is 3. The van der Waals surface area contributed by atoms with Crippen molar-refractivity contribution in [3.8, 4) is 0 Å². The number of rotatable bonds is 23. The van der Waals surface area contributed by atoms with Gasteiger partial charge in [-0.1, -0.05) is 24.3 Å². The number of aromatic amines is 1. The maximum atomic E-state index is 12.9. The molecule has 0 amide bonds. The fraction of sp³-hybridized carbons (Fsp3) is 0.654. The van der Waals surface area contributed by atoms with Gasteiger partial charge in [0.2, 0.25) is 0 Å². The maximum absolute atomic E-state index is 12.9. The molecule has 8 fully saturated rings. The van der Waals surface area contributed by atoms with Crippen molar-refractivity contribution >= 4 is 42.0 Å². The summed E-state index contributed by atoms with van der Waals surface area (Å²) in [7, 11) is -6.38. The highest BCUT2D eigenvalue weighted by atomic mass is 31.2. The summed E-state index contributed by atoms with van der Waals surface area (Å²) >= 11 is 0. The molecule has 40 heteroatoms. The number of fused-ring (bicyclic) bond motifs is 9. The molecular weight excluding hydrogens is 1310 g/mol. The second-order valence-electron chi connectivity index (χ2n) is 22.2. The lowest BCUT2D eigenvalue weighted by Gasteiger charge is -2.38. The van der Waals surface area contributed by atoms with Crippen LogP contribution >= 0.6 is 31.2 Å². The number of H-pyrrole nitrogens is 1. The normalized spacial score (nSPS) is 35.6. The number of methoxy groups -OCH3 is 4. The highest BCUT2D eigenvalue weighted by Gasteiger charge is 2.67. The van der Waals surface area contributed by atoms with E-state index in [1.54, 1.807) is 49.8 Å². The van der Waals surface area contributed by atoms with Gasteiger partial charge in [0, 0.05) is 99.4 Å². The van der Waals surface area contributed by atoms with Gasteiger partial charge in [-0.05, 0) is 30.5 Å². The lowest BCUT2D eigenvalue weighted by Crippen LogP contribution is -2.52. The molecule has 12 unspecified atom stereocenters. The second kappa shape index (κ2) is 29.0. The lowest BCUT2D eigenvalue weighted by molar-refractivity contribution is -0.190. The zero-order valence-corrected chi connectivity index (χ0v) is 54.7.